The highest BCUT2D eigenvalue weighted by Gasteiger charge is 2.49. The van der Waals surface area contributed by atoms with Gasteiger partial charge in [-0.05, 0) is 62.1 Å². The van der Waals surface area contributed by atoms with Crippen molar-refractivity contribution in [3.63, 3.8) is 0 Å². The summed E-state index contributed by atoms with van der Waals surface area (Å²) in [5, 5.41) is 2.96. The number of hydrogen-bond acceptors (Lipinski definition) is 5. The van der Waals surface area contributed by atoms with Gasteiger partial charge in [0.1, 0.15) is 5.75 Å². The monoisotopic (exact) mass is 410 g/mol. The summed E-state index contributed by atoms with van der Waals surface area (Å²) in [5.74, 6) is 0.795. The quantitative estimate of drug-likeness (QED) is 0.642. The Kier molecular flexibility index (Phi) is 8.13. The molecule has 1 aromatic carbocycles. The Bertz CT molecular complexity index is 665. The Morgan fingerprint density at radius 1 is 1.21 bits per heavy atom. The second kappa shape index (κ2) is 10.1. The lowest BCUT2D eigenvalue weighted by atomic mass is 9.84. The second-order valence-corrected chi connectivity index (χ2v) is 7.68. The molecule has 28 heavy (non-hydrogen) atoms. The van der Waals surface area contributed by atoms with E-state index >= 15 is 0 Å². The molecule has 2 aliphatic rings. The average Bonchev–Trinajstić information content (AvgIpc) is 3.27. The maximum absolute atomic E-state index is 12.7. The van der Waals surface area contributed by atoms with Crippen LogP contribution in [0.25, 0.3) is 0 Å². The van der Waals surface area contributed by atoms with E-state index in [9.17, 15) is 9.59 Å². The molecule has 3 rings (SSSR count). The van der Waals surface area contributed by atoms with Crippen LogP contribution in [0, 0.1) is 23.7 Å². The first-order valence-corrected chi connectivity index (χ1v) is 9.86. The van der Waals surface area contributed by atoms with Crippen molar-refractivity contribution in [3.05, 3.63) is 29.8 Å². The van der Waals surface area contributed by atoms with Gasteiger partial charge in [0.15, 0.2) is 0 Å². The molecular weight excluding hydrogens is 380 g/mol. The van der Waals surface area contributed by atoms with Crippen LogP contribution in [0.3, 0.4) is 0 Å². The molecule has 2 saturated carbocycles. The van der Waals surface area contributed by atoms with Crippen LogP contribution in [0.5, 0.6) is 5.75 Å². The lowest BCUT2D eigenvalue weighted by Crippen LogP contribution is -2.47. The van der Waals surface area contributed by atoms with Crippen molar-refractivity contribution in [2.24, 2.45) is 29.4 Å². The predicted octanol–water partition coefficient (Wildman–Crippen LogP) is 2.33. The molecule has 1 aromatic rings. The zero-order valence-corrected chi connectivity index (χ0v) is 17.4. The molecule has 6 nitrogen and oxygen atoms in total. The van der Waals surface area contributed by atoms with E-state index in [1.807, 2.05) is 31.2 Å². The largest absolute Gasteiger partial charge is 0.494 e. The predicted molar refractivity (Wildman–Crippen MR) is 109 cm³/mol. The topological polar surface area (TPSA) is 90.6 Å². The number of nitrogens with one attached hydrogen (secondary N) is 1. The summed E-state index contributed by atoms with van der Waals surface area (Å²) >= 11 is 0. The van der Waals surface area contributed by atoms with E-state index in [4.69, 9.17) is 15.2 Å². The fourth-order valence-electron chi connectivity index (χ4n) is 4.64. The lowest BCUT2D eigenvalue weighted by molar-refractivity contribution is -0.145. The average molecular weight is 411 g/mol. The number of halogens is 1. The number of fused-ring (bicyclic) bond motifs is 2. The van der Waals surface area contributed by atoms with Crippen LogP contribution >= 0.6 is 12.4 Å². The fraction of sp³-hybridized carbons (Fsp3) is 0.619. The molecule has 0 aromatic heterocycles. The normalized spacial score (nSPS) is 26.2. The van der Waals surface area contributed by atoms with Gasteiger partial charge in [0, 0.05) is 12.6 Å². The van der Waals surface area contributed by atoms with Crippen LogP contribution in [-0.2, 0) is 20.7 Å². The van der Waals surface area contributed by atoms with Crippen LogP contribution in [0.4, 0.5) is 0 Å². The van der Waals surface area contributed by atoms with Crippen LogP contribution in [-0.4, -0.2) is 38.2 Å². The van der Waals surface area contributed by atoms with Gasteiger partial charge in [-0.15, -0.1) is 12.4 Å². The Balaban J connectivity index is 0.00000280. The van der Waals surface area contributed by atoms with E-state index in [2.05, 4.69) is 5.32 Å². The van der Waals surface area contributed by atoms with E-state index in [1.54, 1.807) is 0 Å². The molecule has 2 bridgehead atoms. The molecule has 0 heterocycles. The molecule has 156 valence electrons. The van der Waals surface area contributed by atoms with E-state index in [-0.39, 0.29) is 42.8 Å². The van der Waals surface area contributed by atoms with Crippen molar-refractivity contribution in [1.29, 1.82) is 0 Å². The Morgan fingerprint density at radius 3 is 2.46 bits per heavy atom. The molecule has 2 aliphatic carbocycles. The highest BCUT2D eigenvalue weighted by Crippen LogP contribution is 2.47. The third kappa shape index (κ3) is 4.97. The van der Waals surface area contributed by atoms with Crippen LogP contribution in [0.15, 0.2) is 24.3 Å². The maximum atomic E-state index is 12.7. The molecule has 5 atom stereocenters. The molecule has 1 amide bonds. The maximum Gasteiger partial charge on any atom is 0.310 e. The van der Waals surface area contributed by atoms with Crippen LogP contribution in [0.2, 0.25) is 0 Å². The minimum atomic E-state index is -0.424. The number of rotatable bonds is 8. The van der Waals surface area contributed by atoms with Crippen molar-refractivity contribution in [1.82, 2.24) is 5.32 Å². The number of amides is 1. The van der Waals surface area contributed by atoms with Gasteiger partial charge in [-0.1, -0.05) is 12.1 Å². The number of carbonyl (C=O) groups is 2. The number of ether oxygens (including phenoxy) is 2. The SMILES string of the molecule is CCOc1ccc(CC(CNC(=O)C2C3CCC(C3)C2N)C(=O)OC)cc1.Cl. The summed E-state index contributed by atoms with van der Waals surface area (Å²) in [6, 6.07) is 7.61. The fourth-order valence-corrected chi connectivity index (χ4v) is 4.64. The number of hydrogen-bond donors (Lipinski definition) is 2. The molecule has 3 N–H and O–H groups in total. The first-order valence-electron chi connectivity index (χ1n) is 9.86. The summed E-state index contributed by atoms with van der Waals surface area (Å²) in [7, 11) is 1.38. The molecule has 2 fully saturated rings. The van der Waals surface area contributed by atoms with Gasteiger partial charge in [0.25, 0.3) is 0 Å². The Morgan fingerprint density at radius 2 is 1.89 bits per heavy atom. The minimum Gasteiger partial charge on any atom is -0.494 e. The third-order valence-electron chi connectivity index (χ3n) is 6.06. The molecule has 0 aliphatic heterocycles. The molecule has 0 spiro atoms. The van der Waals surface area contributed by atoms with Gasteiger partial charge < -0.3 is 20.5 Å². The first-order chi connectivity index (χ1) is 13.0. The number of carbonyl (C=O) groups excluding carboxylic acids is 2. The highest BCUT2D eigenvalue weighted by atomic mass is 35.5. The van der Waals surface area contributed by atoms with Gasteiger partial charge >= 0.3 is 5.97 Å². The molecule has 0 saturated heterocycles. The van der Waals surface area contributed by atoms with Gasteiger partial charge in [0.2, 0.25) is 5.91 Å². The minimum absolute atomic E-state index is 0. The van der Waals surface area contributed by atoms with E-state index in [1.165, 1.54) is 7.11 Å². The summed E-state index contributed by atoms with van der Waals surface area (Å²) in [5.41, 5.74) is 7.26. The summed E-state index contributed by atoms with van der Waals surface area (Å²) in [4.78, 5) is 24.9. The zero-order chi connectivity index (χ0) is 19.4. The van der Waals surface area contributed by atoms with Crippen molar-refractivity contribution in [2.75, 3.05) is 20.3 Å². The van der Waals surface area contributed by atoms with Crippen molar-refractivity contribution in [3.8, 4) is 5.75 Å². The number of benzene rings is 1. The van der Waals surface area contributed by atoms with E-state index in [0.29, 0.717) is 24.9 Å². The summed E-state index contributed by atoms with van der Waals surface area (Å²) < 4.78 is 10.4. The number of methoxy groups -OCH3 is 1. The van der Waals surface area contributed by atoms with Crippen LogP contribution in [0.1, 0.15) is 31.7 Å². The lowest BCUT2D eigenvalue weighted by Gasteiger charge is -2.27. The van der Waals surface area contributed by atoms with E-state index < -0.39 is 5.92 Å². The Labute approximate surface area is 172 Å². The van der Waals surface area contributed by atoms with Crippen molar-refractivity contribution < 1.29 is 19.1 Å². The third-order valence-corrected chi connectivity index (χ3v) is 6.06. The Hall–Kier alpha value is -1.79. The smallest absolute Gasteiger partial charge is 0.310 e. The second-order valence-electron chi connectivity index (χ2n) is 7.68. The number of esters is 1. The molecular formula is C21H31ClN2O4. The van der Waals surface area contributed by atoms with Crippen LogP contribution < -0.4 is 15.8 Å². The molecule has 7 heteroatoms. The van der Waals surface area contributed by atoms with Crippen molar-refractivity contribution in [2.45, 2.75) is 38.6 Å². The first kappa shape index (κ1) is 22.5. The summed E-state index contributed by atoms with van der Waals surface area (Å²) in [6.45, 7) is 2.81. The van der Waals surface area contributed by atoms with Crippen molar-refractivity contribution >= 4 is 24.3 Å². The molecule has 5 unspecified atom stereocenters. The van der Waals surface area contributed by atoms with Gasteiger partial charge in [-0.25, -0.2) is 0 Å². The highest BCUT2D eigenvalue weighted by molar-refractivity contribution is 5.85. The van der Waals surface area contributed by atoms with Gasteiger partial charge in [-0.3, -0.25) is 9.59 Å². The standard InChI is InChI=1S/C21H30N2O4.ClH/c1-3-27-17-8-4-13(5-9-17)10-16(21(25)26-2)12-23-20(24)18-14-6-7-15(11-14)19(18)22;/h4-5,8-9,14-16,18-19H,3,6-7,10-12,22H2,1-2H3,(H,23,24);1H. The summed E-state index contributed by atoms with van der Waals surface area (Å²) in [6.07, 6.45) is 3.79. The van der Waals surface area contributed by atoms with E-state index in [0.717, 1.165) is 30.6 Å². The van der Waals surface area contributed by atoms with Gasteiger partial charge in [-0.2, -0.15) is 0 Å². The molecule has 0 radical (unpaired) electrons. The zero-order valence-electron chi connectivity index (χ0n) is 16.6. The van der Waals surface area contributed by atoms with Gasteiger partial charge in [0.05, 0.1) is 25.6 Å². The number of nitrogens with two attached hydrogens (primary N) is 1.